The van der Waals surface area contributed by atoms with Crippen LogP contribution in [0.2, 0.25) is 0 Å². The summed E-state index contributed by atoms with van der Waals surface area (Å²) in [5.74, 6) is 0. The predicted molar refractivity (Wildman–Crippen MR) is 105 cm³/mol. The van der Waals surface area contributed by atoms with Crippen molar-refractivity contribution < 1.29 is 0 Å². The first-order valence-corrected chi connectivity index (χ1v) is 9.93. The lowest BCUT2D eigenvalue weighted by Gasteiger charge is -2.26. The van der Waals surface area contributed by atoms with Gasteiger partial charge in [0.25, 0.3) is 0 Å². The quantitative estimate of drug-likeness (QED) is 0.518. The van der Waals surface area contributed by atoms with Crippen LogP contribution in [0.4, 0.5) is 0 Å². The Morgan fingerprint density at radius 1 is 0.600 bits per heavy atom. The van der Waals surface area contributed by atoms with Crippen LogP contribution in [0.1, 0.15) is 0 Å². The van der Waals surface area contributed by atoms with Crippen LogP contribution in [0.3, 0.4) is 0 Å². The molecule has 4 aromatic rings. The van der Waals surface area contributed by atoms with Crippen molar-refractivity contribution in [2.75, 3.05) is 0 Å². The highest BCUT2D eigenvalue weighted by atomic mass is 31.2. The fourth-order valence-corrected chi connectivity index (χ4v) is 6.38. The van der Waals surface area contributed by atoms with Crippen LogP contribution in [0.25, 0.3) is 0 Å². The third kappa shape index (κ3) is 2.95. The van der Waals surface area contributed by atoms with Crippen LogP contribution >= 0.6 is 7.05 Å². The van der Waals surface area contributed by atoms with Crippen molar-refractivity contribution in [2.45, 2.75) is 0 Å². The van der Waals surface area contributed by atoms with E-state index in [0.717, 1.165) is 0 Å². The highest BCUT2D eigenvalue weighted by Crippen LogP contribution is 2.46. The highest BCUT2D eigenvalue weighted by Gasteiger charge is 2.27. The van der Waals surface area contributed by atoms with Crippen molar-refractivity contribution in [2.24, 2.45) is 4.85 Å². The average Bonchev–Trinajstić information content (AvgIpc) is 3.21. The maximum atomic E-state index is 5.18. The van der Waals surface area contributed by atoms with E-state index in [2.05, 4.69) is 77.9 Å². The van der Waals surface area contributed by atoms with E-state index in [0.29, 0.717) is 0 Å². The van der Waals surface area contributed by atoms with Gasteiger partial charge in [0.1, 0.15) is 0 Å². The molecule has 0 radical (unpaired) electrons. The summed E-state index contributed by atoms with van der Waals surface area (Å²) in [6.45, 7) is 0. The van der Waals surface area contributed by atoms with E-state index in [1.165, 1.54) is 15.9 Å². The second kappa shape index (κ2) is 6.92. The van der Waals surface area contributed by atoms with Crippen molar-refractivity contribution in [3.05, 3.63) is 109 Å². The Hall–Kier alpha value is -2.90. The molecule has 1 heterocycles. The molecule has 0 saturated heterocycles. The Labute approximate surface area is 147 Å². The van der Waals surface area contributed by atoms with Gasteiger partial charge in [-0.15, -0.1) is 0 Å². The Morgan fingerprint density at radius 3 is 1.40 bits per heavy atom. The van der Waals surface area contributed by atoms with Crippen LogP contribution in [0.5, 0.6) is 0 Å². The van der Waals surface area contributed by atoms with Gasteiger partial charge in [-0.25, -0.2) is 0 Å². The van der Waals surface area contributed by atoms with E-state index in [1.54, 1.807) is 11.0 Å². The number of nitrogens with zero attached hydrogens (tertiary/aromatic N) is 3. The third-order valence-electron chi connectivity index (χ3n) is 4.11. The number of rotatable bonds is 4. The number of aromatic nitrogens is 2. The molecular weight excluding hydrogens is 325 g/mol. The summed E-state index contributed by atoms with van der Waals surface area (Å²) in [5.41, 5.74) is 0. The van der Waals surface area contributed by atoms with Crippen molar-refractivity contribution >= 4 is 23.0 Å². The molecule has 4 heteroatoms. The summed E-state index contributed by atoms with van der Waals surface area (Å²) in [7, 11) is -2.22. The molecular formula is C21H18N3P. The normalized spacial score (nSPS) is 11.2. The largest absolute Gasteiger partial charge is 0.160 e. The molecule has 0 spiro atoms. The first-order valence-electron chi connectivity index (χ1n) is 8.19. The SMILES string of the molecule is c1ccc(P(=Nn2cccn2)(c2ccccc2)c2ccccc2)cc1. The van der Waals surface area contributed by atoms with Crippen LogP contribution in [-0.2, 0) is 0 Å². The van der Waals surface area contributed by atoms with E-state index in [-0.39, 0.29) is 0 Å². The average molecular weight is 343 g/mol. The molecule has 1 aromatic heterocycles. The molecule has 25 heavy (non-hydrogen) atoms. The lowest BCUT2D eigenvalue weighted by molar-refractivity contribution is 0.752. The highest BCUT2D eigenvalue weighted by molar-refractivity contribution is 7.87. The third-order valence-corrected chi connectivity index (χ3v) is 7.69. The predicted octanol–water partition coefficient (Wildman–Crippen LogP) is 3.82. The zero-order chi connectivity index (χ0) is 17.0. The molecule has 0 aliphatic carbocycles. The van der Waals surface area contributed by atoms with Gasteiger partial charge < -0.3 is 0 Å². The van der Waals surface area contributed by atoms with Crippen LogP contribution in [0, 0.1) is 0 Å². The van der Waals surface area contributed by atoms with Gasteiger partial charge in [0.15, 0.2) is 0 Å². The monoisotopic (exact) mass is 343 g/mol. The first kappa shape index (κ1) is 15.6. The van der Waals surface area contributed by atoms with Crippen molar-refractivity contribution in [1.29, 1.82) is 0 Å². The second-order valence-corrected chi connectivity index (χ2v) is 8.66. The molecule has 3 aromatic carbocycles. The van der Waals surface area contributed by atoms with Gasteiger partial charge in [-0.3, -0.25) is 0 Å². The van der Waals surface area contributed by atoms with E-state index in [1.807, 2.05) is 30.5 Å². The maximum absolute atomic E-state index is 5.18. The number of hydrogen-bond acceptors (Lipinski definition) is 2. The molecule has 3 nitrogen and oxygen atoms in total. The Bertz CT molecular complexity index is 876. The zero-order valence-corrected chi connectivity index (χ0v) is 14.6. The van der Waals surface area contributed by atoms with Crippen LogP contribution in [0.15, 0.2) is 114 Å². The van der Waals surface area contributed by atoms with Crippen molar-refractivity contribution in [3.8, 4) is 0 Å². The zero-order valence-electron chi connectivity index (χ0n) is 13.7. The fourth-order valence-electron chi connectivity index (χ4n) is 2.98. The molecule has 0 saturated carbocycles. The molecule has 0 N–H and O–H groups in total. The topological polar surface area (TPSA) is 30.2 Å². The lowest BCUT2D eigenvalue weighted by Crippen LogP contribution is -2.26. The first-order chi connectivity index (χ1) is 12.4. The van der Waals surface area contributed by atoms with Gasteiger partial charge >= 0.3 is 0 Å². The lowest BCUT2D eigenvalue weighted by atomic mass is 10.4. The summed E-state index contributed by atoms with van der Waals surface area (Å²) >= 11 is 0. The summed E-state index contributed by atoms with van der Waals surface area (Å²) in [4.78, 5) is 6.87. The molecule has 0 aliphatic rings. The smallest absolute Gasteiger partial charge is 0.0837 e. The molecule has 0 fully saturated rings. The van der Waals surface area contributed by atoms with Gasteiger partial charge in [0.2, 0.25) is 0 Å². The molecule has 0 bridgehead atoms. The van der Waals surface area contributed by atoms with Gasteiger partial charge in [0, 0.05) is 15.9 Å². The van der Waals surface area contributed by atoms with Gasteiger partial charge in [0.05, 0.1) is 19.4 Å². The van der Waals surface area contributed by atoms with Crippen LogP contribution < -0.4 is 15.9 Å². The van der Waals surface area contributed by atoms with E-state index in [4.69, 9.17) is 4.85 Å². The van der Waals surface area contributed by atoms with E-state index in [9.17, 15) is 0 Å². The Balaban J connectivity index is 2.13. The minimum Gasteiger partial charge on any atom is -0.160 e. The van der Waals surface area contributed by atoms with Crippen molar-refractivity contribution in [1.82, 2.24) is 9.89 Å². The Kier molecular flexibility index (Phi) is 4.32. The minimum atomic E-state index is -2.22. The molecule has 0 amide bonds. The minimum absolute atomic E-state index is 1.21. The van der Waals surface area contributed by atoms with Gasteiger partial charge in [-0.2, -0.15) is 14.7 Å². The molecule has 0 atom stereocenters. The summed E-state index contributed by atoms with van der Waals surface area (Å²) in [6, 6.07) is 33.5. The number of benzene rings is 3. The standard InChI is InChI=1S/C21H18N3P/c1-4-11-19(12-5-1)25(20-13-6-2-7-14-20,21-15-8-3-9-16-21)23-24-18-10-17-22-24/h1-18H. The second-order valence-electron chi connectivity index (χ2n) is 5.66. The summed E-state index contributed by atoms with van der Waals surface area (Å²) in [6.07, 6.45) is 3.66. The summed E-state index contributed by atoms with van der Waals surface area (Å²) in [5, 5.41) is 7.99. The maximum Gasteiger partial charge on any atom is 0.0837 e. The van der Waals surface area contributed by atoms with Crippen LogP contribution in [-0.4, -0.2) is 9.89 Å². The molecule has 4 rings (SSSR count). The Morgan fingerprint density at radius 2 is 1.04 bits per heavy atom. The van der Waals surface area contributed by atoms with Gasteiger partial charge in [-0.1, -0.05) is 91.0 Å². The molecule has 0 aliphatic heterocycles. The van der Waals surface area contributed by atoms with E-state index >= 15 is 0 Å². The van der Waals surface area contributed by atoms with Crippen molar-refractivity contribution in [3.63, 3.8) is 0 Å². The van der Waals surface area contributed by atoms with Gasteiger partial charge in [-0.05, 0) is 6.07 Å². The molecule has 0 unspecified atom stereocenters. The number of hydrogen-bond donors (Lipinski definition) is 0. The molecule has 122 valence electrons. The fraction of sp³-hybridized carbons (Fsp3) is 0. The van der Waals surface area contributed by atoms with E-state index < -0.39 is 7.05 Å². The summed E-state index contributed by atoms with van der Waals surface area (Å²) < 4.78 is 0.